The topological polar surface area (TPSA) is 69.5 Å². The van der Waals surface area contributed by atoms with Gasteiger partial charge in [-0.25, -0.2) is 4.98 Å². The maximum Gasteiger partial charge on any atom is 0.254 e. The lowest BCUT2D eigenvalue weighted by atomic mass is 9.95. The van der Waals surface area contributed by atoms with Crippen molar-refractivity contribution in [3.63, 3.8) is 0 Å². The van der Waals surface area contributed by atoms with E-state index >= 15 is 0 Å². The molecule has 0 saturated heterocycles. The highest BCUT2D eigenvalue weighted by Gasteiger charge is 2.14. The third kappa shape index (κ3) is 5.00. The van der Waals surface area contributed by atoms with Crippen molar-refractivity contribution in [3.05, 3.63) is 87.1 Å². The molecule has 1 aromatic heterocycles. The van der Waals surface area contributed by atoms with E-state index < -0.39 is 0 Å². The third-order valence-corrected chi connectivity index (χ3v) is 5.07. The fraction of sp³-hybridized carbons (Fsp3) is 0.320. The van der Waals surface area contributed by atoms with Crippen LogP contribution in [0.15, 0.2) is 53.3 Å². The number of aryl methyl sites for hydroxylation is 2. The molecule has 148 valence electrons. The highest BCUT2D eigenvalue weighted by Crippen LogP contribution is 2.25. The number of aromatic nitrogens is 2. The van der Waals surface area contributed by atoms with E-state index in [1.54, 1.807) is 0 Å². The van der Waals surface area contributed by atoms with Gasteiger partial charge in [0.25, 0.3) is 5.56 Å². The first-order chi connectivity index (χ1) is 14.2. The predicted octanol–water partition coefficient (Wildman–Crippen LogP) is 5.19. The summed E-state index contributed by atoms with van der Waals surface area (Å²) in [5.41, 5.74) is 5.06. The molecule has 0 unspecified atom stereocenters. The number of unbranched alkanes of at least 4 members (excludes halogenated alkanes) is 1. The molecule has 2 aromatic carbocycles. The first-order valence-electron chi connectivity index (χ1n) is 10.4. The van der Waals surface area contributed by atoms with Gasteiger partial charge in [0.05, 0.1) is 17.3 Å². The van der Waals surface area contributed by atoms with Crippen LogP contribution in [0.1, 0.15) is 61.3 Å². The molecular formula is C25H27N3O. The van der Waals surface area contributed by atoms with E-state index in [0.29, 0.717) is 12.0 Å². The smallest absolute Gasteiger partial charge is 0.254 e. The lowest BCUT2D eigenvalue weighted by molar-refractivity contribution is 0.732. The van der Waals surface area contributed by atoms with Crippen LogP contribution in [0.2, 0.25) is 0 Å². The Labute approximate surface area is 172 Å². The van der Waals surface area contributed by atoms with Crippen LogP contribution in [0.25, 0.3) is 11.1 Å². The number of H-pyrrole nitrogens is 1. The SMILES string of the molecule is CCCCc1nc(CCC)[nH]c(=O)c1Cc1ccc(-c2ccccc2)c(C#N)c1. The first kappa shape index (κ1) is 20.5. The summed E-state index contributed by atoms with van der Waals surface area (Å²) in [5, 5.41) is 9.66. The molecule has 29 heavy (non-hydrogen) atoms. The number of rotatable bonds is 8. The van der Waals surface area contributed by atoms with Crippen LogP contribution >= 0.6 is 0 Å². The summed E-state index contributed by atoms with van der Waals surface area (Å²) >= 11 is 0. The lowest BCUT2D eigenvalue weighted by Crippen LogP contribution is -2.21. The summed E-state index contributed by atoms with van der Waals surface area (Å²) < 4.78 is 0. The molecular weight excluding hydrogens is 358 g/mol. The summed E-state index contributed by atoms with van der Waals surface area (Å²) in [6.07, 6.45) is 5.07. The monoisotopic (exact) mass is 385 g/mol. The van der Waals surface area contributed by atoms with Gasteiger partial charge < -0.3 is 4.98 Å². The maximum absolute atomic E-state index is 12.8. The minimum atomic E-state index is -0.0554. The molecule has 4 nitrogen and oxygen atoms in total. The number of benzene rings is 2. The van der Waals surface area contributed by atoms with Gasteiger partial charge in [-0.05, 0) is 42.0 Å². The minimum absolute atomic E-state index is 0.0554. The van der Waals surface area contributed by atoms with Gasteiger partial charge in [0.15, 0.2) is 0 Å². The number of aromatic amines is 1. The van der Waals surface area contributed by atoms with Crippen LogP contribution in [0.4, 0.5) is 0 Å². The van der Waals surface area contributed by atoms with E-state index in [4.69, 9.17) is 4.98 Å². The van der Waals surface area contributed by atoms with Gasteiger partial charge in [-0.3, -0.25) is 4.79 Å². The van der Waals surface area contributed by atoms with Gasteiger partial charge in [0, 0.05) is 18.4 Å². The van der Waals surface area contributed by atoms with Crippen LogP contribution in [0.5, 0.6) is 0 Å². The van der Waals surface area contributed by atoms with Crippen molar-refractivity contribution in [2.45, 2.75) is 52.4 Å². The average Bonchev–Trinajstić information content (AvgIpc) is 2.75. The molecule has 0 amide bonds. The number of nitrogens with one attached hydrogen (secondary N) is 1. The fourth-order valence-electron chi connectivity index (χ4n) is 3.55. The van der Waals surface area contributed by atoms with Gasteiger partial charge in [0.1, 0.15) is 5.82 Å². The number of nitrogens with zero attached hydrogens (tertiary/aromatic N) is 2. The summed E-state index contributed by atoms with van der Waals surface area (Å²) in [5.74, 6) is 0.768. The van der Waals surface area contributed by atoms with Gasteiger partial charge >= 0.3 is 0 Å². The van der Waals surface area contributed by atoms with Crippen LogP contribution in [-0.4, -0.2) is 9.97 Å². The second-order valence-corrected chi connectivity index (χ2v) is 7.33. The van der Waals surface area contributed by atoms with E-state index in [9.17, 15) is 10.1 Å². The number of hydrogen-bond acceptors (Lipinski definition) is 3. The highest BCUT2D eigenvalue weighted by atomic mass is 16.1. The Bertz CT molecular complexity index is 1060. The third-order valence-electron chi connectivity index (χ3n) is 5.07. The fourth-order valence-corrected chi connectivity index (χ4v) is 3.55. The molecule has 4 heteroatoms. The Hall–Kier alpha value is -3.19. The normalized spacial score (nSPS) is 10.7. The Morgan fingerprint density at radius 1 is 1.03 bits per heavy atom. The minimum Gasteiger partial charge on any atom is -0.310 e. The summed E-state index contributed by atoms with van der Waals surface area (Å²) in [6, 6.07) is 18.1. The van der Waals surface area contributed by atoms with E-state index in [1.165, 1.54) is 0 Å². The molecule has 0 aliphatic carbocycles. The highest BCUT2D eigenvalue weighted by molar-refractivity contribution is 5.71. The van der Waals surface area contributed by atoms with Crippen molar-refractivity contribution in [2.24, 2.45) is 0 Å². The molecule has 3 aromatic rings. The van der Waals surface area contributed by atoms with Gasteiger partial charge in [-0.2, -0.15) is 5.26 Å². The molecule has 0 fully saturated rings. The Morgan fingerprint density at radius 2 is 1.83 bits per heavy atom. The predicted molar refractivity (Wildman–Crippen MR) is 117 cm³/mol. The Balaban J connectivity index is 1.97. The number of hydrogen-bond donors (Lipinski definition) is 1. The van der Waals surface area contributed by atoms with E-state index in [-0.39, 0.29) is 5.56 Å². The molecule has 0 saturated carbocycles. The molecule has 1 heterocycles. The van der Waals surface area contributed by atoms with Crippen LogP contribution < -0.4 is 5.56 Å². The molecule has 0 atom stereocenters. The zero-order chi connectivity index (χ0) is 20.6. The van der Waals surface area contributed by atoms with E-state index in [1.807, 2.05) is 48.5 Å². The van der Waals surface area contributed by atoms with Crippen LogP contribution in [-0.2, 0) is 19.3 Å². The molecule has 0 aliphatic heterocycles. The molecule has 0 spiro atoms. The molecule has 1 N–H and O–H groups in total. The largest absolute Gasteiger partial charge is 0.310 e. The van der Waals surface area contributed by atoms with Crippen molar-refractivity contribution in [3.8, 4) is 17.2 Å². The van der Waals surface area contributed by atoms with Crippen molar-refractivity contribution < 1.29 is 0 Å². The van der Waals surface area contributed by atoms with Crippen molar-refractivity contribution in [1.82, 2.24) is 9.97 Å². The van der Waals surface area contributed by atoms with Crippen molar-refractivity contribution in [2.75, 3.05) is 0 Å². The molecule has 0 bridgehead atoms. The zero-order valence-electron chi connectivity index (χ0n) is 17.2. The molecule has 3 rings (SSSR count). The quantitative estimate of drug-likeness (QED) is 0.580. The average molecular weight is 386 g/mol. The van der Waals surface area contributed by atoms with Gasteiger partial charge in [0.2, 0.25) is 0 Å². The van der Waals surface area contributed by atoms with Gasteiger partial charge in [-0.15, -0.1) is 0 Å². The second-order valence-electron chi connectivity index (χ2n) is 7.33. The number of nitriles is 1. The second kappa shape index (κ2) is 9.84. The molecule has 0 aliphatic rings. The standard InChI is InChI=1S/C25H27N3O/c1-3-5-12-23-22(25(29)28-24(27-23)9-4-2)16-18-13-14-21(20(15-18)17-26)19-10-7-6-8-11-19/h6-8,10-11,13-15H,3-5,9,12,16H2,1-2H3,(H,27,28,29). The Kier molecular flexibility index (Phi) is 6.97. The summed E-state index contributed by atoms with van der Waals surface area (Å²) in [4.78, 5) is 20.5. The molecule has 0 radical (unpaired) electrons. The summed E-state index contributed by atoms with van der Waals surface area (Å²) in [7, 11) is 0. The zero-order valence-corrected chi connectivity index (χ0v) is 17.2. The van der Waals surface area contributed by atoms with Crippen LogP contribution in [0.3, 0.4) is 0 Å². The Morgan fingerprint density at radius 3 is 2.52 bits per heavy atom. The maximum atomic E-state index is 12.8. The summed E-state index contributed by atoms with van der Waals surface area (Å²) in [6.45, 7) is 4.22. The first-order valence-corrected chi connectivity index (χ1v) is 10.4. The lowest BCUT2D eigenvalue weighted by Gasteiger charge is -2.11. The van der Waals surface area contributed by atoms with Gasteiger partial charge in [-0.1, -0.05) is 62.7 Å². The van der Waals surface area contributed by atoms with Crippen molar-refractivity contribution >= 4 is 0 Å². The van der Waals surface area contributed by atoms with E-state index in [2.05, 4.69) is 24.9 Å². The van der Waals surface area contributed by atoms with E-state index in [0.717, 1.165) is 65.9 Å². The van der Waals surface area contributed by atoms with Crippen LogP contribution in [0, 0.1) is 11.3 Å². The van der Waals surface area contributed by atoms with Crippen molar-refractivity contribution in [1.29, 1.82) is 5.26 Å².